The molecule has 0 unspecified atom stereocenters. The molecule has 0 radical (unpaired) electrons. The molecule has 2 heterocycles. The van der Waals surface area contributed by atoms with E-state index >= 15 is 0 Å². The molecule has 3 rings (SSSR count). The highest BCUT2D eigenvalue weighted by molar-refractivity contribution is 6.34. The average Bonchev–Trinajstić information content (AvgIpc) is 2.93. The Balaban J connectivity index is 2.00. The van der Waals surface area contributed by atoms with E-state index in [1.54, 1.807) is 24.3 Å². The van der Waals surface area contributed by atoms with Gasteiger partial charge >= 0.3 is 6.09 Å². The van der Waals surface area contributed by atoms with Crippen molar-refractivity contribution in [1.29, 1.82) is 0 Å². The van der Waals surface area contributed by atoms with Gasteiger partial charge in [-0.1, -0.05) is 29.8 Å². The van der Waals surface area contributed by atoms with Gasteiger partial charge in [-0.25, -0.2) is 9.48 Å². The molecule has 1 aromatic carbocycles. The Labute approximate surface area is 125 Å². The van der Waals surface area contributed by atoms with Crippen molar-refractivity contribution in [2.24, 2.45) is 0 Å². The molecule has 1 aromatic heterocycles. The third kappa shape index (κ3) is 2.47. The highest BCUT2D eigenvalue weighted by Gasteiger charge is 2.29. The lowest BCUT2D eigenvalue weighted by Gasteiger charge is -2.21. The van der Waals surface area contributed by atoms with Crippen LogP contribution in [0.3, 0.4) is 0 Å². The van der Waals surface area contributed by atoms with Crippen molar-refractivity contribution in [3.63, 3.8) is 0 Å². The zero-order valence-corrected chi connectivity index (χ0v) is 12.0. The summed E-state index contributed by atoms with van der Waals surface area (Å²) < 4.78 is 1.27. The molecule has 0 spiro atoms. The first-order chi connectivity index (χ1) is 10.1. The number of amides is 1. The highest BCUT2D eigenvalue weighted by Crippen LogP contribution is 2.20. The number of benzene rings is 1. The molecule has 1 N–H and O–H groups in total. The predicted octanol–water partition coefficient (Wildman–Crippen LogP) is 2.19. The van der Waals surface area contributed by atoms with E-state index in [0.717, 1.165) is 12.8 Å². The standard InChI is InChI=1S/C14H14ClN3O3/c15-12-10-5-1-2-6-11(10)13(19)18(16-12)8-9-4-3-7-17(9)14(20)21/h1-2,5-6,9H,3-4,7-8H2,(H,20,21)/t9-/m1/s1. The second-order valence-electron chi connectivity index (χ2n) is 5.10. The highest BCUT2D eigenvalue weighted by atomic mass is 35.5. The summed E-state index contributed by atoms with van der Waals surface area (Å²) in [6, 6.07) is 6.78. The smallest absolute Gasteiger partial charge is 0.407 e. The van der Waals surface area contributed by atoms with Crippen molar-refractivity contribution in [2.75, 3.05) is 6.54 Å². The maximum Gasteiger partial charge on any atom is 0.407 e. The Morgan fingerprint density at radius 3 is 2.81 bits per heavy atom. The van der Waals surface area contributed by atoms with Crippen LogP contribution in [0.15, 0.2) is 29.1 Å². The second-order valence-corrected chi connectivity index (χ2v) is 5.45. The van der Waals surface area contributed by atoms with Crippen LogP contribution in [0, 0.1) is 0 Å². The molecule has 1 aliphatic rings. The third-order valence-corrected chi connectivity index (χ3v) is 4.11. The van der Waals surface area contributed by atoms with E-state index in [2.05, 4.69) is 5.10 Å². The third-order valence-electron chi connectivity index (χ3n) is 3.83. The Morgan fingerprint density at radius 2 is 2.10 bits per heavy atom. The van der Waals surface area contributed by atoms with Crippen LogP contribution in [-0.2, 0) is 6.54 Å². The van der Waals surface area contributed by atoms with E-state index in [4.69, 9.17) is 16.7 Å². The van der Waals surface area contributed by atoms with Crippen molar-refractivity contribution in [3.05, 3.63) is 39.8 Å². The van der Waals surface area contributed by atoms with Crippen LogP contribution in [0.2, 0.25) is 5.15 Å². The number of aromatic nitrogens is 2. The fourth-order valence-electron chi connectivity index (χ4n) is 2.79. The summed E-state index contributed by atoms with van der Waals surface area (Å²) in [5.74, 6) is 0. The summed E-state index contributed by atoms with van der Waals surface area (Å²) in [6.07, 6.45) is 0.565. The van der Waals surface area contributed by atoms with Gasteiger partial charge in [-0.15, -0.1) is 0 Å². The van der Waals surface area contributed by atoms with Gasteiger partial charge in [0.05, 0.1) is 18.0 Å². The first-order valence-corrected chi connectivity index (χ1v) is 7.10. The van der Waals surface area contributed by atoms with Gasteiger partial charge in [0.25, 0.3) is 5.56 Å². The first-order valence-electron chi connectivity index (χ1n) is 6.73. The molecule has 21 heavy (non-hydrogen) atoms. The number of carbonyl (C=O) groups is 1. The van der Waals surface area contributed by atoms with Crippen LogP contribution in [0.4, 0.5) is 4.79 Å². The molecule has 110 valence electrons. The Morgan fingerprint density at radius 1 is 1.38 bits per heavy atom. The van der Waals surface area contributed by atoms with Gasteiger partial charge in [-0.05, 0) is 18.9 Å². The number of carboxylic acid groups (broad SMARTS) is 1. The minimum Gasteiger partial charge on any atom is -0.465 e. The molecule has 1 fully saturated rings. The fourth-order valence-corrected chi connectivity index (χ4v) is 3.05. The molecular weight excluding hydrogens is 294 g/mol. The lowest BCUT2D eigenvalue weighted by atomic mass is 10.2. The van der Waals surface area contributed by atoms with Crippen LogP contribution in [-0.4, -0.2) is 38.5 Å². The van der Waals surface area contributed by atoms with E-state index in [9.17, 15) is 9.59 Å². The Kier molecular flexibility index (Phi) is 3.55. The van der Waals surface area contributed by atoms with E-state index in [1.807, 2.05) is 0 Å². The molecule has 2 aromatic rings. The van der Waals surface area contributed by atoms with Gasteiger partial charge in [0.15, 0.2) is 5.15 Å². The SMILES string of the molecule is O=C(O)N1CCC[C@@H]1Cn1nc(Cl)c2ccccc2c1=O. The summed E-state index contributed by atoms with van der Waals surface area (Å²) in [5.41, 5.74) is -0.243. The first kappa shape index (κ1) is 13.9. The van der Waals surface area contributed by atoms with Crippen LogP contribution in [0.5, 0.6) is 0 Å². The van der Waals surface area contributed by atoms with Crippen molar-refractivity contribution in [2.45, 2.75) is 25.4 Å². The van der Waals surface area contributed by atoms with Gasteiger partial charge in [-0.3, -0.25) is 4.79 Å². The second kappa shape index (κ2) is 5.37. The van der Waals surface area contributed by atoms with Gasteiger partial charge < -0.3 is 10.0 Å². The summed E-state index contributed by atoms with van der Waals surface area (Å²) in [5, 5.41) is 14.6. The van der Waals surface area contributed by atoms with Gasteiger partial charge in [0.1, 0.15) is 0 Å². The lowest BCUT2D eigenvalue weighted by molar-refractivity contribution is 0.135. The molecule has 0 aliphatic carbocycles. The number of fused-ring (bicyclic) bond motifs is 1. The molecule has 7 heteroatoms. The maximum atomic E-state index is 12.4. The number of hydrogen-bond donors (Lipinski definition) is 1. The lowest BCUT2D eigenvalue weighted by Crippen LogP contribution is -2.39. The van der Waals surface area contributed by atoms with E-state index < -0.39 is 6.09 Å². The van der Waals surface area contributed by atoms with Crippen LogP contribution < -0.4 is 5.56 Å². The number of nitrogens with zero attached hydrogens (tertiary/aromatic N) is 3. The Hall–Kier alpha value is -2.08. The fraction of sp³-hybridized carbons (Fsp3) is 0.357. The van der Waals surface area contributed by atoms with Crippen molar-refractivity contribution in [1.82, 2.24) is 14.7 Å². The monoisotopic (exact) mass is 307 g/mol. The molecular formula is C14H14ClN3O3. The van der Waals surface area contributed by atoms with Crippen molar-refractivity contribution in [3.8, 4) is 0 Å². The average molecular weight is 308 g/mol. The molecule has 1 aliphatic heterocycles. The molecule has 1 atom stereocenters. The normalized spacial score (nSPS) is 18.3. The summed E-state index contributed by atoms with van der Waals surface area (Å²) >= 11 is 6.12. The number of halogens is 1. The largest absolute Gasteiger partial charge is 0.465 e. The van der Waals surface area contributed by atoms with Crippen LogP contribution in [0.1, 0.15) is 12.8 Å². The quantitative estimate of drug-likeness (QED) is 0.923. The van der Waals surface area contributed by atoms with Gasteiger partial charge in [-0.2, -0.15) is 5.10 Å². The van der Waals surface area contributed by atoms with Gasteiger partial charge in [0.2, 0.25) is 0 Å². The zero-order valence-electron chi connectivity index (χ0n) is 11.2. The zero-order chi connectivity index (χ0) is 15.0. The molecule has 6 nitrogen and oxygen atoms in total. The van der Waals surface area contributed by atoms with Gasteiger partial charge in [0, 0.05) is 11.9 Å². The minimum atomic E-state index is -0.961. The minimum absolute atomic E-state index is 0.232. The van der Waals surface area contributed by atoms with E-state index in [-0.39, 0.29) is 23.3 Å². The summed E-state index contributed by atoms with van der Waals surface area (Å²) in [6.45, 7) is 0.728. The van der Waals surface area contributed by atoms with Crippen LogP contribution >= 0.6 is 11.6 Å². The molecule has 1 amide bonds. The number of rotatable bonds is 2. The van der Waals surface area contributed by atoms with E-state index in [1.165, 1.54) is 9.58 Å². The molecule has 0 bridgehead atoms. The van der Waals surface area contributed by atoms with Crippen LogP contribution in [0.25, 0.3) is 10.8 Å². The van der Waals surface area contributed by atoms with Crippen molar-refractivity contribution >= 4 is 28.5 Å². The number of hydrogen-bond acceptors (Lipinski definition) is 3. The number of likely N-dealkylation sites (tertiary alicyclic amines) is 1. The summed E-state index contributed by atoms with van der Waals surface area (Å²) in [4.78, 5) is 24.9. The Bertz CT molecular complexity index is 759. The molecule has 0 saturated carbocycles. The van der Waals surface area contributed by atoms with E-state index in [0.29, 0.717) is 17.3 Å². The predicted molar refractivity (Wildman–Crippen MR) is 78.8 cm³/mol. The summed E-state index contributed by atoms with van der Waals surface area (Å²) in [7, 11) is 0. The maximum absolute atomic E-state index is 12.4. The topological polar surface area (TPSA) is 75.4 Å². The van der Waals surface area contributed by atoms with Crippen molar-refractivity contribution < 1.29 is 9.90 Å². The molecule has 1 saturated heterocycles.